The number of esters is 1. The molecule has 1 N–H and O–H groups in total. The highest BCUT2D eigenvalue weighted by Crippen LogP contribution is 2.20. The molecule has 0 saturated heterocycles. The second-order valence-electron chi connectivity index (χ2n) is 3.95. The van der Waals surface area contributed by atoms with Crippen LogP contribution in [0.15, 0.2) is 48.7 Å². The van der Waals surface area contributed by atoms with Crippen LogP contribution < -0.4 is 5.32 Å². The minimum Gasteiger partial charge on any atom is -0.465 e. The van der Waals surface area contributed by atoms with Gasteiger partial charge in [-0.15, -0.1) is 0 Å². The molecule has 0 spiro atoms. The van der Waals surface area contributed by atoms with Crippen molar-refractivity contribution in [2.75, 3.05) is 18.5 Å². The van der Waals surface area contributed by atoms with Gasteiger partial charge < -0.3 is 10.1 Å². The standard InChI is InChI=1S/C15H16N2O2/c1-2-19-15(18)11-17-13-7-5-6-12(10-13)14-8-3-4-9-16-14/h3-10,17H,2,11H2,1H3. The lowest BCUT2D eigenvalue weighted by molar-refractivity contribution is -0.140. The van der Waals surface area contributed by atoms with Crippen molar-refractivity contribution < 1.29 is 9.53 Å². The van der Waals surface area contributed by atoms with Crippen LogP contribution in [0, 0.1) is 0 Å². The van der Waals surface area contributed by atoms with Gasteiger partial charge in [0.2, 0.25) is 0 Å². The van der Waals surface area contributed by atoms with E-state index in [-0.39, 0.29) is 12.5 Å². The first-order chi connectivity index (χ1) is 9.29. The van der Waals surface area contributed by atoms with Gasteiger partial charge >= 0.3 is 5.97 Å². The number of hydrogen-bond donors (Lipinski definition) is 1. The van der Waals surface area contributed by atoms with Crippen molar-refractivity contribution in [1.29, 1.82) is 0 Å². The van der Waals surface area contributed by atoms with Gasteiger partial charge in [-0.1, -0.05) is 18.2 Å². The molecule has 0 fully saturated rings. The molecule has 0 bridgehead atoms. The maximum absolute atomic E-state index is 11.3. The van der Waals surface area contributed by atoms with Crippen molar-refractivity contribution in [3.8, 4) is 11.3 Å². The second-order valence-corrected chi connectivity index (χ2v) is 3.95. The number of hydrogen-bond acceptors (Lipinski definition) is 4. The fraction of sp³-hybridized carbons (Fsp3) is 0.200. The molecule has 0 aliphatic carbocycles. The number of aromatic nitrogens is 1. The first-order valence-corrected chi connectivity index (χ1v) is 6.20. The summed E-state index contributed by atoms with van der Waals surface area (Å²) in [6.07, 6.45) is 1.76. The van der Waals surface area contributed by atoms with Crippen LogP contribution in [0.25, 0.3) is 11.3 Å². The van der Waals surface area contributed by atoms with Gasteiger partial charge in [-0.3, -0.25) is 9.78 Å². The maximum atomic E-state index is 11.3. The minimum atomic E-state index is -0.259. The SMILES string of the molecule is CCOC(=O)CNc1cccc(-c2ccccn2)c1. The lowest BCUT2D eigenvalue weighted by Crippen LogP contribution is -2.16. The summed E-state index contributed by atoms with van der Waals surface area (Å²) in [6, 6.07) is 13.6. The Labute approximate surface area is 112 Å². The summed E-state index contributed by atoms with van der Waals surface area (Å²) in [5.74, 6) is -0.259. The highest BCUT2D eigenvalue weighted by atomic mass is 16.5. The first kappa shape index (κ1) is 13.1. The van der Waals surface area contributed by atoms with Gasteiger partial charge in [-0.05, 0) is 31.2 Å². The van der Waals surface area contributed by atoms with Crippen LogP contribution in [-0.2, 0) is 9.53 Å². The second kappa shape index (κ2) is 6.54. The van der Waals surface area contributed by atoms with Gasteiger partial charge in [0.15, 0.2) is 0 Å². The van der Waals surface area contributed by atoms with Crippen LogP contribution in [0.1, 0.15) is 6.92 Å². The van der Waals surface area contributed by atoms with Gasteiger partial charge in [0, 0.05) is 17.4 Å². The van der Waals surface area contributed by atoms with E-state index in [0.717, 1.165) is 16.9 Å². The molecule has 0 saturated carbocycles. The third-order valence-electron chi connectivity index (χ3n) is 2.57. The molecular weight excluding hydrogens is 240 g/mol. The van der Waals surface area contributed by atoms with Gasteiger partial charge in [0.05, 0.1) is 12.3 Å². The van der Waals surface area contributed by atoms with E-state index in [1.807, 2.05) is 42.5 Å². The fourth-order valence-electron chi connectivity index (χ4n) is 1.71. The Morgan fingerprint density at radius 1 is 1.26 bits per heavy atom. The van der Waals surface area contributed by atoms with Crippen LogP contribution >= 0.6 is 0 Å². The summed E-state index contributed by atoms with van der Waals surface area (Å²) in [5, 5.41) is 3.04. The molecule has 2 rings (SSSR count). The molecular formula is C15H16N2O2. The third-order valence-corrected chi connectivity index (χ3v) is 2.57. The molecule has 0 unspecified atom stereocenters. The van der Waals surface area contributed by atoms with Crippen molar-refractivity contribution in [2.24, 2.45) is 0 Å². The topological polar surface area (TPSA) is 51.2 Å². The van der Waals surface area contributed by atoms with E-state index >= 15 is 0 Å². The smallest absolute Gasteiger partial charge is 0.325 e. The number of rotatable bonds is 5. The number of carbonyl (C=O) groups is 1. The van der Waals surface area contributed by atoms with E-state index in [4.69, 9.17) is 4.74 Å². The number of benzene rings is 1. The Hall–Kier alpha value is -2.36. The summed E-state index contributed by atoms with van der Waals surface area (Å²) in [4.78, 5) is 15.6. The predicted molar refractivity (Wildman–Crippen MR) is 74.8 cm³/mol. The molecule has 4 heteroatoms. The highest BCUT2D eigenvalue weighted by molar-refractivity contribution is 5.75. The zero-order valence-corrected chi connectivity index (χ0v) is 10.8. The molecule has 0 radical (unpaired) electrons. The van der Waals surface area contributed by atoms with E-state index in [1.165, 1.54) is 0 Å². The van der Waals surface area contributed by atoms with Crippen LogP contribution in [0.2, 0.25) is 0 Å². The van der Waals surface area contributed by atoms with Gasteiger partial charge in [0.25, 0.3) is 0 Å². The normalized spacial score (nSPS) is 9.95. The Kier molecular flexibility index (Phi) is 4.50. The molecule has 98 valence electrons. The molecule has 1 aromatic carbocycles. The Balaban J connectivity index is 2.06. The fourth-order valence-corrected chi connectivity index (χ4v) is 1.71. The van der Waals surface area contributed by atoms with Crippen molar-refractivity contribution in [3.05, 3.63) is 48.7 Å². The third kappa shape index (κ3) is 3.81. The number of nitrogens with zero attached hydrogens (tertiary/aromatic N) is 1. The van der Waals surface area contributed by atoms with Crippen molar-refractivity contribution in [3.63, 3.8) is 0 Å². The minimum absolute atomic E-state index is 0.166. The molecule has 0 aliphatic heterocycles. The zero-order valence-electron chi connectivity index (χ0n) is 10.8. The van der Waals surface area contributed by atoms with E-state index in [0.29, 0.717) is 6.61 Å². The molecule has 0 aliphatic rings. The summed E-state index contributed by atoms with van der Waals surface area (Å²) < 4.78 is 4.86. The molecule has 1 heterocycles. The number of anilines is 1. The average Bonchev–Trinajstić information content (AvgIpc) is 2.47. The van der Waals surface area contributed by atoms with E-state index < -0.39 is 0 Å². The molecule has 1 aromatic heterocycles. The number of carbonyl (C=O) groups excluding carboxylic acids is 1. The predicted octanol–water partition coefficient (Wildman–Crippen LogP) is 2.72. The Morgan fingerprint density at radius 2 is 2.16 bits per heavy atom. The van der Waals surface area contributed by atoms with E-state index in [1.54, 1.807) is 13.1 Å². The van der Waals surface area contributed by atoms with Gasteiger partial charge in [-0.2, -0.15) is 0 Å². The molecule has 4 nitrogen and oxygen atoms in total. The van der Waals surface area contributed by atoms with Gasteiger partial charge in [0.1, 0.15) is 6.54 Å². The summed E-state index contributed by atoms with van der Waals surface area (Å²) >= 11 is 0. The quantitative estimate of drug-likeness (QED) is 0.836. The van der Waals surface area contributed by atoms with Crippen LogP contribution in [0.4, 0.5) is 5.69 Å². The summed E-state index contributed by atoms with van der Waals surface area (Å²) in [7, 11) is 0. The summed E-state index contributed by atoms with van der Waals surface area (Å²) in [5.41, 5.74) is 2.79. The van der Waals surface area contributed by atoms with Crippen LogP contribution in [-0.4, -0.2) is 24.1 Å². The number of nitrogens with one attached hydrogen (secondary N) is 1. The number of ether oxygens (including phenoxy) is 1. The van der Waals surface area contributed by atoms with Gasteiger partial charge in [-0.25, -0.2) is 0 Å². The van der Waals surface area contributed by atoms with Crippen molar-refractivity contribution in [1.82, 2.24) is 4.98 Å². The molecule has 0 amide bonds. The van der Waals surface area contributed by atoms with Crippen LogP contribution in [0.3, 0.4) is 0 Å². The zero-order chi connectivity index (χ0) is 13.5. The average molecular weight is 256 g/mol. The largest absolute Gasteiger partial charge is 0.465 e. The van der Waals surface area contributed by atoms with E-state index in [9.17, 15) is 4.79 Å². The summed E-state index contributed by atoms with van der Waals surface area (Å²) in [6.45, 7) is 2.35. The van der Waals surface area contributed by atoms with Crippen LogP contribution in [0.5, 0.6) is 0 Å². The Morgan fingerprint density at radius 3 is 2.89 bits per heavy atom. The van der Waals surface area contributed by atoms with Crippen molar-refractivity contribution >= 4 is 11.7 Å². The molecule has 19 heavy (non-hydrogen) atoms. The maximum Gasteiger partial charge on any atom is 0.325 e. The lowest BCUT2D eigenvalue weighted by atomic mass is 10.1. The lowest BCUT2D eigenvalue weighted by Gasteiger charge is -2.07. The molecule has 2 aromatic rings. The Bertz CT molecular complexity index is 541. The highest BCUT2D eigenvalue weighted by Gasteiger charge is 2.03. The van der Waals surface area contributed by atoms with Crippen molar-refractivity contribution in [2.45, 2.75) is 6.92 Å². The first-order valence-electron chi connectivity index (χ1n) is 6.20. The molecule has 0 atom stereocenters. The monoisotopic (exact) mass is 256 g/mol. The van der Waals surface area contributed by atoms with E-state index in [2.05, 4.69) is 10.3 Å². The number of pyridine rings is 1.